The summed E-state index contributed by atoms with van der Waals surface area (Å²) in [5.41, 5.74) is 0.465. The Morgan fingerprint density at radius 2 is 1.73 bits per heavy atom. The van der Waals surface area contributed by atoms with Crippen molar-refractivity contribution in [3.63, 3.8) is 0 Å². The molecule has 1 amide bonds. The van der Waals surface area contributed by atoms with Crippen LogP contribution in [0.1, 0.15) is 29.0 Å². The predicted molar refractivity (Wildman–Crippen MR) is 111 cm³/mol. The van der Waals surface area contributed by atoms with E-state index >= 15 is 0 Å². The molecule has 1 aliphatic rings. The monoisotopic (exact) mass is 444 g/mol. The summed E-state index contributed by atoms with van der Waals surface area (Å²) >= 11 is 5.94. The summed E-state index contributed by atoms with van der Waals surface area (Å²) in [6.45, 7) is 1.72. The number of amides is 1. The maximum Gasteiger partial charge on any atom is 0.335 e. The van der Waals surface area contributed by atoms with Gasteiger partial charge >= 0.3 is 5.97 Å². The van der Waals surface area contributed by atoms with Gasteiger partial charge in [-0.1, -0.05) is 23.7 Å². The van der Waals surface area contributed by atoms with Crippen LogP contribution >= 0.6 is 11.6 Å². The fourth-order valence-electron chi connectivity index (χ4n) is 3.47. The highest BCUT2D eigenvalue weighted by molar-refractivity contribution is 7.90. The first kappa shape index (κ1) is 20.2. The number of benzene rings is 2. The molecule has 9 heteroatoms. The van der Waals surface area contributed by atoms with Crippen molar-refractivity contribution < 1.29 is 22.7 Å². The Labute approximate surface area is 178 Å². The van der Waals surface area contributed by atoms with Gasteiger partial charge in [-0.25, -0.2) is 17.2 Å². The molecule has 2 heterocycles. The molecule has 0 radical (unpaired) electrons. The van der Waals surface area contributed by atoms with Gasteiger partial charge in [0.1, 0.15) is 4.90 Å². The maximum absolute atomic E-state index is 13.6. The Bertz CT molecular complexity index is 1230. The zero-order valence-corrected chi connectivity index (χ0v) is 17.4. The Morgan fingerprint density at radius 3 is 2.43 bits per heavy atom. The Morgan fingerprint density at radius 1 is 1.03 bits per heavy atom. The minimum absolute atomic E-state index is 0.0768. The standard InChI is InChI=1S/C21H17ClN2O5S/c1-2-29-21(26)19-17-7-5-13-23(17)30(27,28)18-8-4-3-6-16(18)24(19)20(25)14-9-11-15(22)12-10-14/h3-13,19H,2H2,1H3. The molecule has 30 heavy (non-hydrogen) atoms. The number of nitrogens with zero attached hydrogens (tertiary/aromatic N) is 2. The van der Waals surface area contributed by atoms with Crippen molar-refractivity contribution in [3.05, 3.63) is 83.1 Å². The van der Waals surface area contributed by atoms with E-state index in [-0.39, 0.29) is 28.4 Å². The molecule has 1 unspecified atom stereocenters. The third-order valence-electron chi connectivity index (χ3n) is 4.76. The van der Waals surface area contributed by atoms with E-state index in [4.69, 9.17) is 16.3 Å². The molecule has 0 aliphatic carbocycles. The third-order valence-corrected chi connectivity index (χ3v) is 6.77. The predicted octanol–water partition coefficient (Wildman–Crippen LogP) is 3.64. The molecule has 0 saturated carbocycles. The van der Waals surface area contributed by atoms with Crippen LogP contribution < -0.4 is 4.90 Å². The normalized spacial score (nSPS) is 16.9. The minimum Gasteiger partial charge on any atom is -0.464 e. The number of ether oxygens (including phenoxy) is 1. The zero-order valence-electron chi connectivity index (χ0n) is 15.9. The second-order valence-corrected chi connectivity index (χ2v) is 8.76. The molecule has 0 bridgehead atoms. The average Bonchev–Trinajstić information content (AvgIpc) is 3.19. The van der Waals surface area contributed by atoms with Crippen LogP contribution in [-0.4, -0.2) is 30.9 Å². The van der Waals surface area contributed by atoms with E-state index in [1.54, 1.807) is 31.2 Å². The van der Waals surface area contributed by atoms with Crippen molar-refractivity contribution in [2.75, 3.05) is 11.5 Å². The zero-order chi connectivity index (χ0) is 21.5. The quantitative estimate of drug-likeness (QED) is 0.576. The van der Waals surface area contributed by atoms with Crippen LogP contribution in [0.2, 0.25) is 5.02 Å². The maximum atomic E-state index is 13.6. The second-order valence-electron chi connectivity index (χ2n) is 6.54. The molecule has 1 atom stereocenters. The van der Waals surface area contributed by atoms with Gasteiger partial charge in [0, 0.05) is 16.8 Å². The molecule has 0 fully saturated rings. The van der Waals surface area contributed by atoms with Crippen LogP contribution in [0.15, 0.2) is 71.8 Å². The molecular formula is C21H17ClN2O5S. The molecule has 154 valence electrons. The van der Waals surface area contributed by atoms with E-state index in [9.17, 15) is 18.0 Å². The summed E-state index contributed by atoms with van der Waals surface area (Å²) < 4.78 is 32.9. The number of anilines is 1. The van der Waals surface area contributed by atoms with Gasteiger partial charge in [-0.15, -0.1) is 0 Å². The first-order valence-corrected chi connectivity index (χ1v) is 11.0. The number of halogens is 1. The lowest BCUT2D eigenvalue weighted by Gasteiger charge is -2.29. The fourth-order valence-corrected chi connectivity index (χ4v) is 5.15. The number of esters is 1. The minimum atomic E-state index is -4.04. The van der Waals surface area contributed by atoms with Gasteiger partial charge in [-0.2, -0.15) is 0 Å². The number of para-hydroxylation sites is 1. The lowest BCUT2D eigenvalue weighted by atomic mass is 10.1. The lowest BCUT2D eigenvalue weighted by molar-refractivity contribution is -0.144. The molecule has 2 aromatic carbocycles. The first-order valence-electron chi connectivity index (χ1n) is 9.14. The smallest absolute Gasteiger partial charge is 0.335 e. The number of carbonyl (C=O) groups is 2. The van der Waals surface area contributed by atoms with Crippen molar-refractivity contribution in [1.29, 1.82) is 0 Å². The number of fused-ring (bicyclic) bond motifs is 2. The van der Waals surface area contributed by atoms with Crippen molar-refractivity contribution in [1.82, 2.24) is 3.97 Å². The van der Waals surface area contributed by atoms with Gasteiger partial charge in [-0.05, 0) is 55.5 Å². The molecule has 4 rings (SSSR count). The second kappa shape index (κ2) is 7.62. The highest BCUT2D eigenvalue weighted by atomic mass is 35.5. The van der Waals surface area contributed by atoms with Gasteiger partial charge in [0.05, 0.1) is 18.0 Å². The van der Waals surface area contributed by atoms with E-state index in [1.165, 1.54) is 47.5 Å². The highest BCUT2D eigenvalue weighted by Crippen LogP contribution is 2.40. The Hall–Kier alpha value is -3.10. The molecule has 0 saturated heterocycles. The molecular weight excluding hydrogens is 428 g/mol. The third kappa shape index (κ3) is 3.18. The molecule has 7 nitrogen and oxygen atoms in total. The Kier molecular flexibility index (Phi) is 5.13. The number of aromatic nitrogens is 1. The van der Waals surface area contributed by atoms with Crippen molar-refractivity contribution in [2.24, 2.45) is 0 Å². The SMILES string of the molecule is CCOC(=O)C1c2cccn2S(=O)(=O)c2ccccc2N1C(=O)c1ccc(Cl)cc1. The van der Waals surface area contributed by atoms with Crippen LogP contribution in [0, 0.1) is 0 Å². The van der Waals surface area contributed by atoms with Gasteiger partial charge in [-0.3, -0.25) is 9.69 Å². The summed E-state index contributed by atoms with van der Waals surface area (Å²) in [5.74, 6) is -1.28. The lowest BCUT2D eigenvalue weighted by Crippen LogP contribution is -2.40. The van der Waals surface area contributed by atoms with E-state index < -0.39 is 27.9 Å². The van der Waals surface area contributed by atoms with Crippen LogP contribution in [0.4, 0.5) is 5.69 Å². The first-order chi connectivity index (χ1) is 14.4. The number of rotatable bonds is 3. The molecule has 3 aromatic rings. The Balaban J connectivity index is 2.02. The van der Waals surface area contributed by atoms with E-state index in [2.05, 4.69) is 0 Å². The largest absolute Gasteiger partial charge is 0.464 e. The average molecular weight is 445 g/mol. The fraction of sp³-hybridized carbons (Fsp3) is 0.143. The molecule has 1 aromatic heterocycles. The van der Waals surface area contributed by atoms with Gasteiger partial charge < -0.3 is 4.74 Å². The molecule has 0 N–H and O–H groups in total. The summed E-state index contributed by atoms with van der Waals surface area (Å²) in [6.07, 6.45) is 1.35. The van der Waals surface area contributed by atoms with Crippen molar-refractivity contribution in [2.45, 2.75) is 17.9 Å². The van der Waals surface area contributed by atoms with Crippen LogP contribution in [0.25, 0.3) is 0 Å². The van der Waals surface area contributed by atoms with Gasteiger partial charge in [0.15, 0.2) is 6.04 Å². The van der Waals surface area contributed by atoms with Gasteiger partial charge in [0.25, 0.3) is 15.9 Å². The van der Waals surface area contributed by atoms with E-state index in [0.717, 1.165) is 3.97 Å². The van der Waals surface area contributed by atoms with E-state index in [0.29, 0.717) is 5.02 Å². The number of hydrogen-bond acceptors (Lipinski definition) is 5. The number of carbonyl (C=O) groups excluding carboxylic acids is 2. The molecule has 0 spiro atoms. The number of hydrogen-bond donors (Lipinski definition) is 0. The van der Waals surface area contributed by atoms with E-state index in [1.807, 2.05) is 0 Å². The van der Waals surface area contributed by atoms with Crippen LogP contribution in [0.3, 0.4) is 0 Å². The summed E-state index contributed by atoms with van der Waals surface area (Å²) in [5, 5.41) is 0.446. The van der Waals surface area contributed by atoms with Crippen LogP contribution in [-0.2, 0) is 19.6 Å². The topological polar surface area (TPSA) is 85.7 Å². The molecule has 1 aliphatic heterocycles. The van der Waals surface area contributed by atoms with Gasteiger partial charge in [0.2, 0.25) is 0 Å². The summed E-state index contributed by atoms with van der Waals surface area (Å²) in [4.78, 5) is 27.6. The highest BCUT2D eigenvalue weighted by Gasteiger charge is 2.43. The summed E-state index contributed by atoms with van der Waals surface area (Å²) in [6, 6.07) is 13.9. The van der Waals surface area contributed by atoms with Crippen molar-refractivity contribution in [3.8, 4) is 0 Å². The van der Waals surface area contributed by atoms with Crippen LogP contribution in [0.5, 0.6) is 0 Å². The summed E-state index contributed by atoms with van der Waals surface area (Å²) in [7, 11) is -4.04. The van der Waals surface area contributed by atoms with Crippen molar-refractivity contribution >= 4 is 39.2 Å².